The molecule has 1 aromatic rings. The molecule has 6 heteroatoms. The first-order chi connectivity index (χ1) is 9.79. The van der Waals surface area contributed by atoms with Crippen molar-refractivity contribution in [1.29, 1.82) is 5.39 Å². The largest absolute Gasteiger partial charge is 0.503 e. The van der Waals surface area contributed by atoms with Crippen molar-refractivity contribution < 1.29 is 19.3 Å². The van der Waals surface area contributed by atoms with Crippen molar-refractivity contribution in [2.24, 2.45) is 0 Å². The number of benzene rings is 1. The highest BCUT2D eigenvalue weighted by Crippen LogP contribution is 2.38. The van der Waals surface area contributed by atoms with E-state index in [0.29, 0.717) is 13.0 Å². The maximum atomic E-state index is 9.57. The highest BCUT2D eigenvalue weighted by Gasteiger charge is 2.51. The summed E-state index contributed by atoms with van der Waals surface area (Å²) >= 11 is 0. The number of aliphatic hydroxyl groups excluding tert-OH is 1. The summed E-state index contributed by atoms with van der Waals surface area (Å²) in [4.78, 5) is 2.78. The molecule has 0 saturated carbocycles. The second kappa shape index (κ2) is 5.59. The Labute approximate surface area is 116 Å². The van der Waals surface area contributed by atoms with Gasteiger partial charge in [-0.3, -0.25) is 0 Å². The molecule has 20 heavy (non-hydrogen) atoms. The van der Waals surface area contributed by atoms with Crippen molar-refractivity contribution in [3.05, 3.63) is 52.8 Å². The minimum atomic E-state index is -0.453. The molecule has 2 fully saturated rings. The molecule has 3 rings (SSSR count). The van der Waals surface area contributed by atoms with Gasteiger partial charge in [0.2, 0.25) is 11.2 Å². The predicted molar refractivity (Wildman–Crippen MR) is 69.1 cm³/mol. The molecule has 2 heterocycles. The molecule has 0 aromatic heterocycles. The third-order valence-corrected chi connectivity index (χ3v) is 3.42. The summed E-state index contributed by atoms with van der Waals surface area (Å²) in [7, 11) is 0. The summed E-state index contributed by atoms with van der Waals surface area (Å²) in [6.07, 6.45) is 0.447. The Balaban J connectivity index is 1.63. The van der Waals surface area contributed by atoms with Gasteiger partial charge >= 0.3 is 6.20 Å². The Morgan fingerprint density at radius 1 is 1.30 bits per heavy atom. The zero-order valence-electron chi connectivity index (χ0n) is 10.8. The Morgan fingerprint density at radius 2 is 2.10 bits per heavy atom. The second-order valence-electron chi connectivity index (χ2n) is 4.77. The van der Waals surface area contributed by atoms with Gasteiger partial charge in [0.05, 0.1) is 12.7 Å². The van der Waals surface area contributed by atoms with Gasteiger partial charge in [0.15, 0.2) is 17.4 Å². The van der Waals surface area contributed by atoms with Crippen molar-refractivity contribution in [2.75, 3.05) is 6.61 Å². The maximum Gasteiger partial charge on any atom is 0.390 e. The van der Waals surface area contributed by atoms with E-state index in [2.05, 4.69) is 4.98 Å². The van der Waals surface area contributed by atoms with Crippen LogP contribution in [0, 0.1) is 5.39 Å². The van der Waals surface area contributed by atoms with Crippen LogP contribution in [-0.4, -0.2) is 30.0 Å². The molecule has 0 amide bonds. The topological polar surface area (TPSA) is 79.4 Å². The van der Waals surface area contributed by atoms with Crippen molar-refractivity contribution in [3.63, 3.8) is 0 Å². The van der Waals surface area contributed by atoms with Crippen LogP contribution in [0.1, 0.15) is 18.3 Å². The lowest BCUT2D eigenvalue weighted by molar-refractivity contribution is -0.221. The average Bonchev–Trinajstić information content (AvgIpc) is 3.29. The summed E-state index contributed by atoms with van der Waals surface area (Å²) in [5.74, 6) is -0.0937. The molecular formula is C14H15N2O4+. The molecule has 1 N–H and O–H groups in total. The number of hydrogen-bond acceptors (Lipinski definition) is 5. The fourth-order valence-corrected chi connectivity index (χ4v) is 2.36. The second-order valence-corrected chi connectivity index (χ2v) is 4.77. The van der Waals surface area contributed by atoms with E-state index in [1.807, 2.05) is 30.3 Å². The lowest BCUT2D eigenvalue weighted by Crippen LogP contribution is -2.32. The Hall–Kier alpha value is -1.94. The molecule has 0 bridgehead atoms. The van der Waals surface area contributed by atoms with Crippen LogP contribution in [0.15, 0.2) is 42.3 Å². The molecule has 4 atom stereocenters. The molecule has 0 radical (unpaired) electrons. The van der Waals surface area contributed by atoms with Crippen molar-refractivity contribution in [2.45, 2.75) is 31.0 Å². The van der Waals surface area contributed by atoms with Crippen molar-refractivity contribution in [3.8, 4) is 0 Å². The summed E-state index contributed by atoms with van der Waals surface area (Å²) in [5, 5.41) is 18.0. The molecule has 6 nitrogen and oxygen atoms in total. The van der Waals surface area contributed by atoms with Gasteiger partial charge in [0.25, 0.3) is 0 Å². The Morgan fingerprint density at radius 3 is 2.85 bits per heavy atom. The average molecular weight is 275 g/mol. The fourth-order valence-electron chi connectivity index (χ4n) is 2.36. The third-order valence-electron chi connectivity index (χ3n) is 3.42. The van der Waals surface area contributed by atoms with E-state index in [1.165, 1.54) is 0 Å². The fraction of sp³-hybridized carbons (Fsp3) is 0.429. The first kappa shape index (κ1) is 13.1. The molecule has 0 unspecified atom stereocenters. The number of nitrogens with zero attached hydrogens (tertiary/aromatic N) is 2. The van der Waals surface area contributed by atoms with Crippen LogP contribution in [0.3, 0.4) is 0 Å². The van der Waals surface area contributed by atoms with E-state index in [9.17, 15) is 5.11 Å². The van der Waals surface area contributed by atoms with Crippen molar-refractivity contribution >= 4 is 0 Å². The number of rotatable bonds is 3. The van der Waals surface area contributed by atoms with Gasteiger partial charge in [-0.1, -0.05) is 30.3 Å². The van der Waals surface area contributed by atoms with E-state index in [4.69, 9.17) is 19.6 Å². The molecule has 0 aliphatic carbocycles. The van der Waals surface area contributed by atoms with Gasteiger partial charge in [-0.25, -0.2) is 0 Å². The predicted octanol–water partition coefficient (Wildman–Crippen LogP) is 2.51. The molecule has 2 aliphatic rings. The SMILES string of the molecule is N#[N+]/C=C(\O)[C@H]1O[C@@H]1[C@@H]1CCO[C@H](c2ccccc2)O1. The highest BCUT2D eigenvalue weighted by atomic mass is 16.7. The standard InChI is InChI=1S/C14H14N2O4/c15-16-8-10(17)12-13(20-12)11-6-7-18-14(19-11)9-4-2-1-3-5-9/h1-5,8,11-14H,6-7H2/p+1/b10-8-/t11-,12+,13+,14-/m0/s1. The smallest absolute Gasteiger partial charge is 0.390 e. The first-order valence-electron chi connectivity index (χ1n) is 6.50. The number of hydrogen-bond donors (Lipinski definition) is 1. The maximum absolute atomic E-state index is 9.57. The highest BCUT2D eigenvalue weighted by molar-refractivity contribution is 5.17. The lowest BCUT2D eigenvalue weighted by atomic mass is 10.1. The van der Waals surface area contributed by atoms with Gasteiger partial charge in [0, 0.05) is 5.56 Å². The normalized spacial score (nSPS) is 33.5. The van der Waals surface area contributed by atoms with Gasteiger partial charge in [-0.05, 0) is 6.42 Å². The lowest BCUT2D eigenvalue weighted by Gasteiger charge is -2.29. The van der Waals surface area contributed by atoms with Crippen LogP contribution in [0.25, 0.3) is 4.98 Å². The first-order valence-corrected chi connectivity index (χ1v) is 6.50. The molecule has 2 saturated heterocycles. The van der Waals surface area contributed by atoms with E-state index in [0.717, 1.165) is 11.8 Å². The summed E-state index contributed by atoms with van der Waals surface area (Å²) in [6.45, 7) is 0.575. The van der Waals surface area contributed by atoms with Crippen LogP contribution in [0.4, 0.5) is 0 Å². The van der Waals surface area contributed by atoms with Crippen LogP contribution in [-0.2, 0) is 14.2 Å². The van der Waals surface area contributed by atoms with Gasteiger partial charge in [0.1, 0.15) is 6.10 Å². The number of ether oxygens (including phenoxy) is 3. The molecule has 104 valence electrons. The number of epoxide rings is 1. The van der Waals surface area contributed by atoms with E-state index in [-0.39, 0.29) is 18.0 Å². The van der Waals surface area contributed by atoms with Crippen LogP contribution in [0.2, 0.25) is 0 Å². The van der Waals surface area contributed by atoms with Gasteiger partial charge < -0.3 is 19.3 Å². The minimum Gasteiger partial charge on any atom is -0.503 e. The summed E-state index contributed by atoms with van der Waals surface area (Å²) in [5.41, 5.74) is 0.958. The zero-order chi connectivity index (χ0) is 13.9. The Bertz CT molecular complexity index is 540. The van der Waals surface area contributed by atoms with Crippen LogP contribution < -0.4 is 0 Å². The quantitative estimate of drug-likeness (QED) is 0.521. The van der Waals surface area contributed by atoms with E-state index >= 15 is 0 Å². The zero-order valence-corrected chi connectivity index (χ0v) is 10.8. The summed E-state index contributed by atoms with van der Waals surface area (Å²) < 4.78 is 16.9. The minimum absolute atomic E-state index is 0.0937. The van der Waals surface area contributed by atoms with Gasteiger partial charge in [-0.2, -0.15) is 0 Å². The van der Waals surface area contributed by atoms with Crippen LogP contribution >= 0.6 is 0 Å². The Kier molecular flexibility index (Phi) is 3.65. The number of diazo groups is 1. The monoisotopic (exact) mass is 275 g/mol. The van der Waals surface area contributed by atoms with E-state index < -0.39 is 12.4 Å². The van der Waals surface area contributed by atoms with Crippen molar-refractivity contribution in [1.82, 2.24) is 0 Å². The van der Waals surface area contributed by atoms with E-state index in [1.54, 1.807) is 0 Å². The summed E-state index contributed by atoms with van der Waals surface area (Å²) in [6, 6.07) is 9.69. The molecule has 2 aliphatic heterocycles. The third kappa shape index (κ3) is 2.65. The van der Waals surface area contributed by atoms with Crippen LogP contribution in [0.5, 0.6) is 0 Å². The molecule has 0 spiro atoms. The molecular weight excluding hydrogens is 260 g/mol. The van der Waals surface area contributed by atoms with Gasteiger partial charge in [-0.15, -0.1) is 0 Å². The number of aliphatic hydroxyl groups is 1. The molecule has 1 aromatic carbocycles.